The second-order valence-corrected chi connectivity index (χ2v) is 12.3. The van der Waals surface area contributed by atoms with E-state index in [0.717, 1.165) is 56.4 Å². The Morgan fingerprint density at radius 1 is 0.750 bits per heavy atom. The van der Waals surface area contributed by atoms with E-state index in [2.05, 4.69) is 66.8 Å². The number of hydrogen-bond donors (Lipinski definition) is 0. The molecule has 2 aliphatic carbocycles. The summed E-state index contributed by atoms with van der Waals surface area (Å²) in [6, 6.07) is 15.2. The number of furan rings is 1. The van der Waals surface area contributed by atoms with Crippen molar-refractivity contribution in [1.82, 2.24) is 0 Å². The predicted molar refractivity (Wildman–Crippen MR) is 146 cm³/mol. The van der Waals surface area contributed by atoms with Gasteiger partial charge in [0.1, 0.15) is 0 Å². The van der Waals surface area contributed by atoms with Crippen molar-refractivity contribution in [3.05, 3.63) is 100 Å². The Hall–Kier alpha value is -1.36. The Morgan fingerprint density at radius 2 is 1.39 bits per heavy atom. The van der Waals surface area contributed by atoms with Crippen LogP contribution in [-0.2, 0) is 30.9 Å². The van der Waals surface area contributed by atoms with Crippen LogP contribution in [0.2, 0.25) is 5.32 Å². The molecule has 3 aliphatic rings. The van der Waals surface area contributed by atoms with Gasteiger partial charge in [-0.05, 0) is 0 Å². The quantitative estimate of drug-likeness (QED) is 0.249. The van der Waals surface area contributed by atoms with Crippen LogP contribution in [0.1, 0.15) is 70.0 Å². The van der Waals surface area contributed by atoms with E-state index in [9.17, 15) is 0 Å². The predicted octanol–water partition coefficient (Wildman–Crippen LogP) is 7.77. The second kappa shape index (κ2) is 18.0. The van der Waals surface area contributed by atoms with Crippen molar-refractivity contribution >= 4 is 25.1 Å². The van der Waals surface area contributed by atoms with Crippen molar-refractivity contribution in [2.24, 2.45) is 4.99 Å². The van der Waals surface area contributed by atoms with E-state index in [1.165, 1.54) is 38.1 Å². The van der Waals surface area contributed by atoms with Crippen molar-refractivity contribution in [1.29, 1.82) is 0 Å². The molecule has 2 heterocycles. The first-order valence-electron chi connectivity index (χ1n) is 12.9. The zero-order valence-corrected chi connectivity index (χ0v) is 24.5. The van der Waals surface area contributed by atoms with Gasteiger partial charge in [-0.3, -0.25) is 0 Å². The van der Waals surface area contributed by atoms with Crippen molar-refractivity contribution in [2.45, 2.75) is 75.6 Å². The third-order valence-electron chi connectivity index (χ3n) is 5.82. The van der Waals surface area contributed by atoms with Gasteiger partial charge in [-0.1, -0.05) is 0 Å². The second-order valence-electron chi connectivity index (χ2n) is 8.77. The van der Waals surface area contributed by atoms with E-state index in [0.29, 0.717) is 21.0 Å². The molecule has 0 saturated carbocycles. The summed E-state index contributed by atoms with van der Waals surface area (Å²) in [6.45, 7) is 0. The number of nitrogens with zero attached hydrogens (tertiary/aromatic N) is 1. The monoisotopic (exact) mass is 635 g/mol. The summed E-state index contributed by atoms with van der Waals surface area (Å²) in [5, 5.41) is 1.20. The molecule has 0 fully saturated rings. The zero-order valence-electron chi connectivity index (χ0n) is 20.8. The Bertz CT molecular complexity index is 988. The van der Waals surface area contributed by atoms with Crippen LogP contribution in [-0.4, -0.2) is 26.7 Å². The Labute approximate surface area is 239 Å². The van der Waals surface area contributed by atoms with Crippen LogP contribution in [0, 0.1) is 0 Å². The van der Waals surface area contributed by atoms with Gasteiger partial charge < -0.3 is 0 Å². The summed E-state index contributed by atoms with van der Waals surface area (Å²) in [7, 11) is 0. The molecular formula is C31H37NNi2OSe. The molecule has 1 aromatic carbocycles. The van der Waals surface area contributed by atoms with Gasteiger partial charge in [-0.15, -0.1) is 0 Å². The summed E-state index contributed by atoms with van der Waals surface area (Å²) in [4.78, 5) is 4.78. The first-order chi connectivity index (χ1) is 17.7. The topological polar surface area (TPSA) is 25.5 Å². The minimum atomic E-state index is 0.491. The van der Waals surface area contributed by atoms with E-state index in [4.69, 9.17) is 40.3 Å². The summed E-state index contributed by atoms with van der Waals surface area (Å²) >= 11 is 10.1. The fourth-order valence-electron chi connectivity index (χ4n) is 3.87. The van der Waals surface area contributed by atoms with E-state index < -0.39 is 0 Å². The van der Waals surface area contributed by atoms with Crippen molar-refractivity contribution in [2.75, 3.05) is 0 Å². The van der Waals surface area contributed by atoms with Crippen LogP contribution in [0.5, 0.6) is 0 Å². The Morgan fingerprint density at radius 3 is 2.00 bits per heavy atom. The van der Waals surface area contributed by atoms with Crippen LogP contribution in [0.25, 0.3) is 0 Å². The molecule has 1 aliphatic heterocycles. The third-order valence-corrected chi connectivity index (χ3v) is 9.14. The molecule has 0 radical (unpaired) electrons. The molecule has 1 aromatic heterocycles. The normalized spacial score (nSPS) is 19.7. The molecule has 5 rings (SSSR count). The van der Waals surface area contributed by atoms with E-state index >= 15 is 0 Å². The van der Waals surface area contributed by atoms with Gasteiger partial charge in [0.05, 0.1) is 0 Å². The van der Waals surface area contributed by atoms with Crippen molar-refractivity contribution in [3.8, 4) is 0 Å². The molecule has 0 spiro atoms. The minimum absolute atomic E-state index is 0.491. The molecule has 198 valence electrons. The molecule has 0 N–H and O–H groups in total. The van der Waals surface area contributed by atoms with Crippen LogP contribution in [0.3, 0.4) is 0 Å². The average molecular weight is 636 g/mol. The number of aliphatic imine (C=N–C) groups is 1. The Balaban J connectivity index is 0.000000169. The molecular weight excluding hydrogens is 599 g/mol. The first kappa shape index (κ1) is 29.2. The van der Waals surface area contributed by atoms with Crippen LogP contribution < -0.4 is 4.46 Å². The maximum atomic E-state index is 5.40. The summed E-state index contributed by atoms with van der Waals surface area (Å²) in [6.07, 6.45) is 26.4. The molecule has 36 heavy (non-hydrogen) atoms. The molecule has 1 atom stereocenters. The van der Waals surface area contributed by atoms with Gasteiger partial charge in [-0.25, -0.2) is 0 Å². The van der Waals surface area contributed by atoms with Gasteiger partial charge in [0, 0.05) is 0 Å². The van der Waals surface area contributed by atoms with E-state index in [-0.39, 0.29) is 0 Å². The standard InChI is InChI=1S/C15H15NOSe.2C8H11.2Ni/c1-2-5-13(6-3-1)18-11-12-8-9-14(16-12)15-7-4-10-17-15;2*1-2-4-6-8-7-5-3-1;;/h1-7,10,12H,8-9,11H2;2*1-2,7H,3-6H2;;. The van der Waals surface area contributed by atoms with Gasteiger partial charge in [0.15, 0.2) is 0 Å². The average Bonchev–Trinajstić information content (AvgIpc) is 3.56. The fraction of sp³-hybridized carbons (Fsp3) is 0.387. The van der Waals surface area contributed by atoms with Crippen LogP contribution in [0.15, 0.2) is 104 Å². The molecule has 0 bridgehead atoms. The number of rotatable bonds is 4. The van der Waals surface area contributed by atoms with E-state index in [1.807, 2.05) is 12.1 Å². The van der Waals surface area contributed by atoms with E-state index in [1.54, 1.807) is 6.26 Å². The van der Waals surface area contributed by atoms with Crippen LogP contribution in [0.4, 0.5) is 0 Å². The molecule has 1 unspecified atom stereocenters. The zero-order chi connectivity index (χ0) is 25.3. The Kier molecular flexibility index (Phi) is 14.6. The molecule has 0 saturated heterocycles. The fourth-order valence-corrected chi connectivity index (χ4v) is 6.48. The van der Waals surface area contributed by atoms with Gasteiger partial charge in [-0.2, -0.15) is 0 Å². The van der Waals surface area contributed by atoms with Crippen molar-refractivity contribution < 1.29 is 35.3 Å². The van der Waals surface area contributed by atoms with Crippen molar-refractivity contribution in [3.63, 3.8) is 0 Å². The first-order valence-corrected chi connectivity index (χ1v) is 16.0. The molecule has 5 heteroatoms. The van der Waals surface area contributed by atoms with Gasteiger partial charge >= 0.3 is 241 Å². The van der Waals surface area contributed by atoms with Crippen LogP contribution >= 0.6 is 0 Å². The third kappa shape index (κ3) is 12.3. The maximum absolute atomic E-state index is 5.40. The number of benzene rings is 1. The number of hydrogen-bond acceptors (Lipinski definition) is 2. The van der Waals surface area contributed by atoms with Gasteiger partial charge in [0.2, 0.25) is 0 Å². The SMILES string of the molecule is [Ni][C]1=CCCC=CCC1.[Ni][C]1=CCCC=CCC1.c1ccc([Se]CC2CCC(c3ccco3)=N2)cc1. The molecule has 0 amide bonds. The summed E-state index contributed by atoms with van der Waals surface area (Å²) in [5.74, 6) is 0.949. The summed E-state index contributed by atoms with van der Waals surface area (Å²) in [5.41, 5.74) is 1.15. The molecule has 2 aromatic rings. The number of allylic oxidation sites excluding steroid dienone is 8. The van der Waals surface area contributed by atoms with Gasteiger partial charge in [0.25, 0.3) is 0 Å². The summed E-state index contributed by atoms with van der Waals surface area (Å²) < 4.78 is 9.23. The molecule has 2 nitrogen and oxygen atoms in total.